The minimum absolute atomic E-state index is 0.0732. The molecule has 2 aromatic rings. The molecule has 2 aromatic carbocycles. The number of alkyl halides is 2. The van der Waals surface area contributed by atoms with Crippen LogP contribution >= 0.6 is 0 Å². The van der Waals surface area contributed by atoms with Gasteiger partial charge in [-0.1, -0.05) is 36.4 Å². The molecule has 0 saturated carbocycles. The molecular weight excluding hydrogens is 278 g/mol. The Balaban J connectivity index is 1.93. The first-order valence-electron chi connectivity index (χ1n) is 6.62. The van der Waals surface area contributed by atoms with Crippen molar-refractivity contribution in [2.24, 2.45) is 0 Å². The highest BCUT2D eigenvalue weighted by atomic mass is 19.3. The highest BCUT2D eigenvalue weighted by molar-refractivity contribution is 5.41. The Bertz CT molecular complexity index is 630. The third-order valence-electron chi connectivity index (χ3n) is 3.47. The zero-order valence-electron chi connectivity index (χ0n) is 11.1. The van der Waals surface area contributed by atoms with Gasteiger partial charge in [0.15, 0.2) is 0 Å². The standard InChI is InChI=1S/C16H14F2O3/c17-16(18)21-14-8-4-2-6-11(14)15-9-12(19)10-5-1-3-7-13(10)20-15/h1-8,12,15-16,19H,9H2/t12-,15?/m0/s1. The first-order chi connectivity index (χ1) is 10.1. The predicted molar refractivity (Wildman–Crippen MR) is 72.5 cm³/mol. The minimum atomic E-state index is -2.90. The lowest BCUT2D eigenvalue weighted by molar-refractivity contribution is -0.0519. The molecule has 5 heteroatoms. The van der Waals surface area contributed by atoms with Crippen molar-refractivity contribution in [1.29, 1.82) is 0 Å². The second kappa shape index (κ2) is 5.69. The Morgan fingerprint density at radius 3 is 2.48 bits per heavy atom. The maximum Gasteiger partial charge on any atom is 0.387 e. The van der Waals surface area contributed by atoms with Gasteiger partial charge in [-0.05, 0) is 12.1 Å². The van der Waals surface area contributed by atoms with E-state index in [9.17, 15) is 13.9 Å². The number of hydrogen-bond acceptors (Lipinski definition) is 3. The molecule has 3 nitrogen and oxygen atoms in total. The average molecular weight is 292 g/mol. The second-order valence-electron chi connectivity index (χ2n) is 4.81. The Morgan fingerprint density at radius 2 is 1.71 bits per heavy atom. The molecule has 1 heterocycles. The molecule has 1 aliphatic heterocycles. The van der Waals surface area contributed by atoms with Crippen molar-refractivity contribution in [3.8, 4) is 11.5 Å². The maximum absolute atomic E-state index is 12.5. The summed E-state index contributed by atoms with van der Waals surface area (Å²) in [5.41, 5.74) is 1.22. The molecule has 3 rings (SSSR count). The lowest BCUT2D eigenvalue weighted by atomic mass is 9.94. The normalized spacial score (nSPS) is 20.8. The van der Waals surface area contributed by atoms with Crippen molar-refractivity contribution >= 4 is 0 Å². The monoisotopic (exact) mass is 292 g/mol. The number of aliphatic hydroxyl groups is 1. The molecule has 21 heavy (non-hydrogen) atoms. The SMILES string of the molecule is O[C@H]1CC(c2ccccc2OC(F)F)Oc2ccccc21. The van der Waals surface area contributed by atoms with E-state index in [1.54, 1.807) is 36.4 Å². The summed E-state index contributed by atoms with van der Waals surface area (Å²) < 4.78 is 35.3. The van der Waals surface area contributed by atoms with Crippen LogP contribution in [0.4, 0.5) is 8.78 Å². The number of ether oxygens (including phenoxy) is 2. The van der Waals surface area contributed by atoms with Gasteiger partial charge in [-0.3, -0.25) is 0 Å². The van der Waals surface area contributed by atoms with Crippen molar-refractivity contribution in [2.45, 2.75) is 25.2 Å². The van der Waals surface area contributed by atoms with Crippen LogP contribution < -0.4 is 9.47 Å². The smallest absolute Gasteiger partial charge is 0.387 e. The number of para-hydroxylation sites is 2. The fourth-order valence-corrected chi connectivity index (χ4v) is 2.53. The number of halogens is 2. The molecular formula is C16H14F2O3. The first kappa shape index (κ1) is 13.8. The van der Waals surface area contributed by atoms with E-state index < -0.39 is 18.8 Å². The average Bonchev–Trinajstić information content (AvgIpc) is 2.47. The zero-order chi connectivity index (χ0) is 14.8. The fourth-order valence-electron chi connectivity index (χ4n) is 2.53. The minimum Gasteiger partial charge on any atom is -0.485 e. The lowest BCUT2D eigenvalue weighted by Crippen LogP contribution is -2.20. The van der Waals surface area contributed by atoms with Crippen LogP contribution in [0.5, 0.6) is 11.5 Å². The predicted octanol–water partition coefficient (Wildman–Crippen LogP) is 3.85. The van der Waals surface area contributed by atoms with E-state index in [0.29, 0.717) is 23.3 Å². The van der Waals surface area contributed by atoms with Gasteiger partial charge in [0.05, 0.1) is 6.10 Å². The van der Waals surface area contributed by atoms with Crippen LogP contribution in [0.1, 0.15) is 29.8 Å². The van der Waals surface area contributed by atoms with Gasteiger partial charge in [-0.2, -0.15) is 8.78 Å². The third kappa shape index (κ3) is 2.83. The molecule has 0 amide bonds. The van der Waals surface area contributed by atoms with E-state index in [2.05, 4.69) is 4.74 Å². The van der Waals surface area contributed by atoms with Gasteiger partial charge >= 0.3 is 6.61 Å². The van der Waals surface area contributed by atoms with Gasteiger partial charge < -0.3 is 14.6 Å². The number of hydrogen-bond donors (Lipinski definition) is 1. The van der Waals surface area contributed by atoms with Crippen LogP contribution in [0.25, 0.3) is 0 Å². The fraction of sp³-hybridized carbons (Fsp3) is 0.250. The Hall–Kier alpha value is -2.14. The Labute approximate surface area is 120 Å². The van der Waals surface area contributed by atoms with Crippen molar-refractivity contribution in [1.82, 2.24) is 0 Å². The molecule has 0 radical (unpaired) electrons. The molecule has 1 aliphatic rings. The third-order valence-corrected chi connectivity index (χ3v) is 3.47. The molecule has 0 spiro atoms. The molecule has 0 saturated heterocycles. The summed E-state index contributed by atoms with van der Waals surface area (Å²) in [7, 11) is 0. The summed E-state index contributed by atoms with van der Waals surface area (Å²) in [5.74, 6) is 0.636. The van der Waals surface area contributed by atoms with Crippen LogP contribution in [-0.4, -0.2) is 11.7 Å². The van der Waals surface area contributed by atoms with E-state index in [4.69, 9.17) is 4.74 Å². The summed E-state index contributed by atoms with van der Waals surface area (Å²) in [5, 5.41) is 10.2. The van der Waals surface area contributed by atoms with Crippen molar-refractivity contribution in [3.05, 3.63) is 59.7 Å². The van der Waals surface area contributed by atoms with Crippen LogP contribution in [0, 0.1) is 0 Å². The number of aliphatic hydroxyl groups excluding tert-OH is 1. The highest BCUT2D eigenvalue weighted by Crippen LogP contribution is 2.42. The van der Waals surface area contributed by atoms with Crippen LogP contribution in [-0.2, 0) is 0 Å². The lowest BCUT2D eigenvalue weighted by Gasteiger charge is -2.30. The summed E-state index contributed by atoms with van der Waals surface area (Å²) in [6.07, 6.45) is -0.926. The van der Waals surface area contributed by atoms with Crippen LogP contribution in [0.2, 0.25) is 0 Å². The van der Waals surface area contributed by atoms with Crippen molar-refractivity contribution in [2.75, 3.05) is 0 Å². The first-order valence-corrected chi connectivity index (χ1v) is 6.62. The van der Waals surface area contributed by atoms with Crippen LogP contribution in [0.3, 0.4) is 0 Å². The van der Waals surface area contributed by atoms with Crippen molar-refractivity contribution < 1.29 is 23.4 Å². The summed E-state index contributed by atoms with van der Waals surface area (Å²) in [6.45, 7) is -2.90. The molecule has 0 aromatic heterocycles. The number of benzene rings is 2. The quantitative estimate of drug-likeness (QED) is 0.934. The Morgan fingerprint density at radius 1 is 1.05 bits per heavy atom. The van der Waals surface area contributed by atoms with Gasteiger partial charge in [0.1, 0.15) is 17.6 Å². The summed E-state index contributed by atoms with van der Waals surface area (Å²) >= 11 is 0. The maximum atomic E-state index is 12.5. The molecule has 0 bridgehead atoms. The van der Waals surface area contributed by atoms with Gasteiger partial charge in [-0.25, -0.2) is 0 Å². The molecule has 2 atom stereocenters. The molecule has 1 unspecified atom stereocenters. The van der Waals surface area contributed by atoms with E-state index in [-0.39, 0.29) is 5.75 Å². The zero-order valence-corrected chi connectivity index (χ0v) is 11.1. The highest BCUT2D eigenvalue weighted by Gasteiger charge is 2.29. The van der Waals surface area contributed by atoms with Gasteiger partial charge in [0.2, 0.25) is 0 Å². The van der Waals surface area contributed by atoms with Crippen molar-refractivity contribution in [3.63, 3.8) is 0 Å². The van der Waals surface area contributed by atoms with Gasteiger partial charge in [0, 0.05) is 17.5 Å². The molecule has 110 valence electrons. The molecule has 1 N–H and O–H groups in total. The van der Waals surface area contributed by atoms with E-state index >= 15 is 0 Å². The van der Waals surface area contributed by atoms with Gasteiger partial charge in [-0.15, -0.1) is 0 Å². The summed E-state index contributed by atoms with van der Waals surface area (Å²) in [4.78, 5) is 0. The van der Waals surface area contributed by atoms with E-state index in [1.165, 1.54) is 6.07 Å². The largest absolute Gasteiger partial charge is 0.485 e. The van der Waals surface area contributed by atoms with E-state index in [1.807, 2.05) is 6.07 Å². The van der Waals surface area contributed by atoms with Gasteiger partial charge in [0.25, 0.3) is 0 Å². The van der Waals surface area contributed by atoms with Crippen LogP contribution in [0.15, 0.2) is 48.5 Å². The van der Waals surface area contributed by atoms with E-state index in [0.717, 1.165) is 0 Å². The topological polar surface area (TPSA) is 38.7 Å². The second-order valence-corrected chi connectivity index (χ2v) is 4.81. The number of fused-ring (bicyclic) bond motifs is 1. The summed E-state index contributed by atoms with van der Waals surface area (Å²) in [6, 6.07) is 13.6. The Kier molecular flexibility index (Phi) is 3.75. The molecule has 0 fully saturated rings. The molecule has 0 aliphatic carbocycles. The number of rotatable bonds is 3.